The first-order valence-corrected chi connectivity index (χ1v) is 13.3. The lowest BCUT2D eigenvalue weighted by molar-refractivity contribution is -0.141. The molecule has 38 heavy (non-hydrogen) atoms. The number of aromatic nitrogens is 1. The molecule has 0 bridgehead atoms. The van der Waals surface area contributed by atoms with E-state index >= 15 is 0 Å². The zero-order valence-corrected chi connectivity index (χ0v) is 21.3. The molecule has 10 heteroatoms. The normalized spacial score (nSPS) is 18.6. The van der Waals surface area contributed by atoms with Crippen LogP contribution in [0.5, 0.6) is 0 Å². The quantitative estimate of drug-likeness (QED) is 0.461. The Balaban J connectivity index is 1.27. The minimum Gasteiger partial charge on any atom is -0.394 e. The molecule has 1 atom stereocenters. The summed E-state index contributed by atoms with van der Waals surface area (Å²) in [5.74, 6) is -0.402. The predicted molar refractivity (Wildman–Crippen MR) is 137 cm³/mol. The second-order valence-corrected chi connectivity index (χ2v) is 10.3. The third-order valence-electron chi connectivity index (χ3n) is 7.56. The molecule has 2 fully saturated rings. The molecular formula is C28H35F3N4O3. The summed E-state index contributed by atoms with van der Waals surface area (Å²) in [4.78, 5) is 31.0. The number of carbonyl (C=O) groups is 2. The highest BCUT2D eigenvalue weighted by molar-refractivity contribution is 6.02. The van der Waals surface area contributed by atoms with Crippen LogP contribution < -0.4 is 10.6 Å². The van der Waals surface area contributed by atoms with Gasteiger partial charge in [0, 0.05) is 18.2 Å². The molecule has 1 saturated heterocycles. The smallest absolute Gasteiger partial charge is 0.394 e. The Hall–Kier alpha value is -2.98. The van der Waals surface area contributed by atoms with Crippen LogP contribution in [0.25, 0.3) is 0 Å². The number of carbonyl (C=O) groups excluding carboxylic acids is 2. The minimum atomic E-state index is -4.62. The van der Waals surface area contributed by atoms with E-state index in [9.17, 15) is 27.9 Å². The summed E-state index contributed by atoms with van der Waals surface area (Å²) in [5.41, 5.74) is -0.00608. The van der Waals surface area contributed by atoms with Crippen molar-refractivity contribution in [2.24, 2.45) is 11.8 Å². The van der Waals surface area contributed by atoms with Gasteiger partial charge in [0.2, 0.25) is 5.91 Å². The van der Waals surface area contributed by atoms with E-state index < -0.39 is 17.8 Å². The first-order chi connectivity index (χ1) is 18.2. The third-order valence-corrected chi connectivity index (χ3v) is 7.56. The van der Waals surface area contributed by atoms with Gasteiger partial charge < -0.3 is 15.7 Å². The second kappa shape index (κ2) is 12.7. The highest BCUT2D eigenvalue weighted by atomic mass is 19.4. The van der Waals surface area contributed by atoms with Gasteiger partial charge in [-0.25, -0.2) is 4.98 Å². The predicted octanol–water partition coefficient (Wildman–Crippen LogP) is 4.62. The first kappa shape index (κ1) is 28.0. The number of alkyl halides is 3. The zero-order valence-electron chi connectivity index (χ0n) is 21.3. The van der Waals surface area contributed by atoms with Crippen LogP contribution in [0.1, 0.15) is 66.7 Å². The van der Waals surface area contributed by atoms with E-state index in [0.717, 1.165) is 69.3 Å². The van der Waals surface area contributed by atoms with Gasteiger partial charge in [0.1, 0.15) is 11.4 Å². The summed E-state index contributed by atoms with van der Waals surface area (Å²) in [7, 11) is 0. The summed E-state index contributed by atoms with van der Waals surface area (Å²) >= 11 is 0. The van der Waals surface area contributed by atoms with Crippen molar-refractivity contribution in [3.63, 3.8) is 0 Å². The minimum absolute atomic E-state index is 0.0219. The number of pyridine rings is 1. The number of piperidine rings is 1. The standard InChI is InChI=1S/C28H35F3N4O3/c29-28(30,31)25-11-5-10-23(33-25)27(38)32-22-9-4-6-19(16-22)17-35-14-12-21(13-15-35)26(37)34-24(18-36)20-7-2-1-3-8-20/h4-6,9-11,16,20-21,24,36H,1-3,7-8,12-15,17-18H2,(H,32,38)(H,34,37)/t24-/m1/s1. The average molecular weight is 533 g/mol. The number of rotatable bonds is 8. The van der Waals surface area contributed by atoms with Gasteiger partial charge in [0.05, 0.1) is 12.6 Å². The molecule has 2 heterocycles. The van der Waals surface area contributed by atoms with Crippen LogP contribution in [0.15, 0.2) is 42.5 Å². The summed E-state index contributed by atoms with van der Waals surface area (Å²) < 4.78 is 38.8. The van der Waals surface area contributed by atoms with Crippen LogP contribution >= 0.6 is 0 Å². The first-order valence-electron chi connectivity index (χ1n) is 13.3. The average Bonchev–Trinajstić information content (AvgIpc) is 2.92. The van der Waals surface area contributed by atoms with E-state index in [2.05, 4.69) is 20.5 Å². The molecule has 2 amide bonds. The summed E-state index contributed by atoms with van der Waals surface area (Å²) in [5, 5.41) is 15.6. The van der Waals surface area contributed by atoms with Gasteiger partial charge in [-0.15, -0.1) is 0 Å². The summed E-state index contributed by atoms with van der Waals surface area (Å²) in [6.45, 7) is 2.10. The van der Waals surface area contributed by atoms with Crippen molar-refractivity contribution in [1.82, 2.24) is 15.2 Å². The number of nitrogens with zero attached hydrogens (tertiary/aromatic N) is 2. The van der Waals surface area contributed by atoms with Crippen molar-refractivity contribution in [2.75, 3.05) is 25.0 Å². The Morgan fingerprint density at radius 2 is 1.74 bits per heavy atom. The molecule has 2 aliphatic rings. The molecule has 0 spiro atoms. The van der Waals surface area contributed by atoms with Gasteiger partial charge >= 0.3 is 6.18 Å². The number of benzene rings is 1. The number of amides is 2. The maximum absolute atomic E-state index is 12.9. The molecule has 206 valence electrons. The van der Waals surface area contributed by atoms with Crippen molar-refractivity contribution in [1.29, 1.82) is 0 Å². The van der Waals surface area contributed by atoms with Gasteiger partial charge in [-0.1, -0.05) is 37.5 Å². The van der Waals surface area contributed by atoms with Gasteiger partial charge in [-0.2, -0.15) is 13.2 Å². The van der Waals surface area contributed by atoms with E-state index in [1.807, 2.05) is 6.07 Å². The van der Waals surface area contributed by atoms with E-state index in [4.69, 9.17) is 0 Å². The number of aliphatic hydroxyl groups excluding tert-OH is 1. The van der Waals surface area contributed by atoms with Crippen molar-refractivity contribution >= 4 is 17.5 Å². The van der Waals surface area contributed by atoms with E-state index in [-0.39, 0.29) is 30.2 Å². The monoisotopic (exact) mass is 532 g/mol. The van der Waals surface area contributed by atoms with E-state index in [1.54, 1.807) is 18.2 Å². The fourth-order valence-corrected chi connectivity index (χ4v) is 5.42. The van der Waals surface area contributed by atoms with E-state index in [0.29, 0.717) is 18.2 Å². The Morgan fingerprint density at radius 3 is 2.42 bits per heavy atom. The molecule has 1 aromatic carbocycles. The Kier molecular flexibility index (Phi) is 9.38. The molecule has 1 aromatic heterocycles. The van der Waals surface area contributed by atoms with Crippen molar-refractivity contribution < 1.29 is 27.9 Å². The number of nitrogens with one attached hydrogen (secondary N) is 2. The van der Waals surface area contributed by atoms with Crippen molar-refractivity contribution in [3.05, 3.63) is 59.4 Å². The van der Waals surface area contributed by atoms with Crippen LogP contribution in [-0.2, 0) is 17.5 Å². The Labute approximate surface area is 220 Å². The van der Waals surface area contributed by atoms with Crippen LogP contribution in [0.3, 0.4) is 0 Å². The largest absolute Gasteiger partial charge is 0.433 e. The lowest BCUT2D eigenvalue weighted by Crippen LogP contribution is -2.48. The summed E-state index contributed by atoms with van der Waals surface area (Å²) in [6.07, 6.45) is 2.48. The van der Waals surface area contributed by atoms with Crippen LogP contribution in [0.2, 0.25) is 0 Å². The molecule has 3 N–H and O–H groups in total. The number of halogens is 3. The molecule has 1 aliphatic carbocycles. The molecule has 4 rings (SSSR count). The van der Waals surface area contributed by atoms with Gasteiger partial charge in [-0.3, -0.25) is 14.5 Å². The lowest BCUT2D eigenvalue weighted by atomic mass is 9.83. The molecule has 7 nitrogen and oxygen atoms in total. The highest BCUT2D eigenvalue weighted by Crippen LogP contribution is 2.28. The summed E-state index contributed by atoms with van der Waals surface area (Å²) in [6, 6.07) is 10.2. The van der Waals surface area contributed by atoms with E-state index in [1.165, 1.54) is 12.5 Å². The topological polar surface area (TPSA) is 94.6 Å². The molecule has 2 aromatic rings. The number of aliphatic hydroxyl groups is 1. The maximum Gasteiger partial charge on any atom is 0.433 e. The van der Waals surface area contributed by atoms with Crippen LogP contribution in [0, 0.1) is 11.8 Å². The van der Waals surface area contributed by atoms with Crippen molar-refractivity contribution in [3.8, 4) is 0 Å². The van der Waals surface area contributed by atoms with Gasteiger partial charge in [0.15, 0.2) is 0 Å². The van der Waals surface area contributed by atoms with Crippen LogP contribution in [0.4, 0.5) is 18.9 Å². The number of likely N-dealkylation sites (tertiary alicyclic amines) is 1. The fourth-order valence-electron chi connectivity index (χ4n) is 5.42. The number of hydrogen-bond acceptors (Lipinski definition) is 5. The zero-order chi connectivity index (χ0) is 27.1. The Bertz CT molecular complexity index is 1100. The van der Waals surface area contributed by atoms with Gasteiger partial charge in [0.25, 0.3) is 5.91 Å². The van der Waals surface area contributed by atoms with Crippen molar-refractivity contribution in [2.45, 2.75) is 63.7 Å². The molecular weight excluding hydrogens is 497 g/mol. The highest BCUT2D eigenvalue weighted by Gasteiger charge is 2.33. The SMILES string of the molecule is O=C(Nc1cccc(CN2CCC(C(=O)N[C@H](CO)C3CCCCC3)CC2)c1)c1cccc(C(F)(F)F)n1. The van der Waals surface area contributed by atoms with Crippen LogP contribution in [-0.4, -0.2) is 52.5 Å². The second-order valence-electron chi connectivity index (χ2n) is 10.3. The molecule has 1 aliphatic heterocycles. The van der Waals surface area contributed by atoms with Gasteiger partial charge in [-0.05, 0) is 74.5 Å². The number of hydrogen-bond donors (Lipinski definition) is 3. The third kappa shape index (κ3) is 7.54. The lowest BCUT2D eigenvalue weighted by Gasteiger charge is -2.34. The maximum atomic E-state index is 12.9. The Morgan fingerprint density at radius 1 is 1.03 bits per heavy atom. The molecule has 0 radical (unpaired) electrons. The molecule has 1 saturated carbocycles. The molecule has 0 unspecified atom stereocenters. The fraction of sp³-hybridized carbons (Fsp3) is 0.536. The number of anilines is 1.